The van der Waals surface area contributed by atoms with Gasteiger partial charge in [0.1, 0.15) is 5.82 Å². The molecule has 0 saturated heterocycles. The first kappa shape index (κ1) is 20.7. The molecule has 0 aliphatic carbocycles. The molecule has 3 aromatic rings. The van der Waals surface area contributed by atoms with Gasteiger partial charge in [-0.25, -0.2) is 9.37 Å². The molecule has 28 heavy (non-hydrogen) atoms. The highest BCUT2D eigenvalue weighted by Gasteiger charge is 2.30. The first-order valence-corrected chi connectivity index (χ1v) is 10.1. The van der Waals surface area contributed by atoms with Gasteiger partial charge in [0, 0.05) is 11.1 Å². The summed E-state index contributed by atoms with van der Waals surface area (Å²) in [5, 5.41) is 10.5. The van der Waals surface area contributed by atoms with Gasteiger partial charge in [0.05, 0.1) is 27.7 Å². The minimum Gasteiger partial charge on any atom is -0.481 e. The lowest BCUT2D eigenvalue weighted by atomic mass is 9.81. The van der Waals surface area contributed by atoms with Gasteiger partial charge in [0.25, 0.3) is 0 Å². The third-order valence-electron chi connectivity index (χ3n) is 4.42. The highest BCUT2D eigenvalue weighted by Crippen LogP contribution is 2.38. The molecular formula is C20H17Cl2FN2O2S. The molecule has 1 N–H and O–H groups in total. The van der Waals surface area contributed by atoms with Crippen LogP contribution in [-0.2, 0) is 10.2 Å². The SMILES string of the molecule is CC(C)(c1ccc(Cl)c(Cl)c1)c1cnc(SCC(=O)O)n1-c1ccc(F)cc1. The van der Waals surface area contributed by atoms with Gasteiger partial charge in [0.2, 0.25) is 0 Å². The molecule has 0 radical (unpaired) electrons. The van der Waals surface area contributed by atoms with Gasteiger partial charge >= 0.3 is 5.97 Å². The zero-order chi connectivity index (χ0) is 20.5. The summed E-state index contributed by atoms with van der Waals surface area (Å²) in [6, 6.07) is 11.4. The predicted octanol–water partition coefficient (Wildman–Crippen LogP) is 5.82. The summed E-state index contributed by atoms with van der Waals surface area (Å²) in [5.74, 6) is -1.43. The smallest absolute Gasteiger partial charge is 0.313 e. The van der Waals surface area contributed by atoms with E-state index >= 15 is 0 Å². The molecule has 8 heteroatoms. The molecule has 0 bridgehead atoms. The van der Waals surface area contributed by atoms with Crippen molar-refractivity contribution in [3.63, 3.8) is 0 Å². The second kappa shape index (κ2) is 8.15. The molecule has 146 valence electrons. The molecule has 0 atom stereocenters. The molecule has 0 saturated carbocycles. The van der Waals surface area contributed by atoms with E-state index in [-0.39, 0.29) is 11.6 Å². The monoisotopic (exact) mass is 438 g/mol. The quantitative estimate of drug-likeness (QED) is 0.492. The summed E-state index contributed by atoms with van der Waals surface area (Å²) in [6.07, 6.45) is 1.70. The van der Waals surface area contributed by atoms with Crippen LogP contribution in [0.3, 0.4) is 0 Å². The standard InChI is InChI=1S/C20H17Cl2FN2O2S/c1-20(2,12-3-8-15(21)16(22)9-12)17-10-24-19(28-11-18(26)27)25(17)14-6-4-13(23)5-7-14/h3-10H,11H2,1-2H3,(H,26,27). The number of imidazole rings is 1. The number of carboxylic acid groups (broad SMARTS) is 1. The molecule has 0 unspecified atom stereocenters. The number of benzene rings is 2. The summed E-state index contributed by atoms with van der Waals surface area (Å²) in [7, 11) is 0. The van der Waals surface area contributed by atoms with E-state index in [4.69, 9.17) is 28.3 Å². The lowest BCUT2D eigenvalue weighted by Crippen LogP contribution is -2.23. The third-order valence-corrected chi connectivity index (χ3v) is 6.10. The molecule has 0 spiro atoms. The van der Waals surface area contributed by atoms with Crippen LogP contribution in [0.25, 0.3) is 5.69 Å². The van der Waals surface area contributed by atoms with Crippen molar-refractivity contribution < 1.29 is 14.3 Å². The van der Waals surface area contributed by atoms with Crippen molar-refractivity contribution in [1.82, 2.24) is 9.55 Å². The number of nitrogens with zero attached hydrogens (tertiary/aromatic N) is 2. The number of rotatable bonds is 6. The predicted molar refractivity (Wildman–Crippen MR) is 110 cm³/mol. The van der Waals surface area contributed by atoms with Crippen LogP contribution >= 0.6 is 35.0 Å². The topological polar surface area (TPSA) is 55.1 Å². The summed E-state index contributed by atoms with van der Waals surface area (Å²) in [4.78, 5) is 15.5. The van der Waals surface area contributed by atoms with Crippen molar-refractivity contribution in [3.8, 4) is 5.69 Å². The van der Waals surface area contributed by atoms with E-state index in [1.807, 2.05) is 24.5 Å². The Morgan fingerprint density at radius 1 is 1.18 bits per heavy atom. The number of hydrogen-bond donors (Lipinski definition) is 1. The molecule has 4 nitrogen and oxygen atoms in total. The van der Waals surface area contributed by atoms with Crippen LogP contribution in [0.5, 0.6) is 0 Å². The number of halogens is 3. The Hall–Kier alpha value is -2.02. The molecular weight excluding hydrogens is 422 g/mol. The van der Waals surface area contributed by atoms with Crippen molar-refractivity contribution in [2.75, 3.05) is 5.75 Å². The molecule has 3 rings (SSSR count). The van der Waals surface area contributed by atoms with Crippen LogP contribution in [0, 0.1) is 5.82 Å². The molecule has 0 fully saturated rings. The van der Waals surface area contributed by atoms with Gasteiger partial charge in [-0.15, -0.1) is 0 Å². The van der Waals surface area contributed by atoms with E-state index in [2.05, 4.69) is 4.98 Å². The molecule has 1 heterocycles. The number of hydrogen-bond acceptors (Lipinski definition) is 3. The zero-order valence-electron chi connectivity index (χ0n) is 15.1. The van der Waals surface area contributed by atoms with Crippen LogP contribution in [-0.4, -0.2) is 26.4 Å². The fourth-order valence-corrected chi connectivity index (χ4v) is 3.89. The fourth-order valence-electron chi connectivity index (χ4n) is 2.88. The Morgan fingerprint density at radius 2 is 1.86 bits per heavy atom. The lowest BCUT2D eigenvalue weighted by molar-refractivity contribution is -0.133. The largest absolute Gasteiger partial charge is 0.481 e. The van der Waals surface area contributed by atoms with Gasteiger partial charge in [-0.05, 0) is 42.0 Å². The van der Waals surface area contributed by atoms with E-state index in [1.165, 1.54) is 12.1 Å². The molecule has 0 amide bonds. The van der Waals surface area contributed by atoms with E-state index in [0.29, 0.717) is 20.9 Å². The molecule has 0 aliphatic rings. The fraction of sp³-hybridized carbons (Fsp3) is 0.200. The first-order chi connectivity index (χ1) is 13.2. The minimum absolute atomic E-state index is 0.134. The number of carbonyl (C=O) groups is 1. The van der Waals surface area contributed by atoms with E-state index < -0.39 is 11.4 Å². The van der Waals surface area contributed by atoms with Gasteiger partial charge in [-0.1, -0.05) is 54.9 Å². The highest BCUT2D eigenvalue weighted by atomic mass is 35.5. The van der Waals surface area contributed by atoms with Crippen LogP contribution in [0.4, 0.5) is 4.39 Å². The van der Waals surface area contributed by atoms with Crippen LogP contribution in [0.15, 0.2) is 53.8 Å². The summed E-state index contributed by atoms with van der Waals surface area (Å²) < 4.78 is 15.3. The Morgan fingerprint density at radius 3 is 2.46 bits per heavy atom. The molecule has 1 aromatic heterocycles. The summed E-state index contributed by atoms with van der Waals surface area (Å²) in [6.45, 7) is 4.02. The van der Waals surface area contributed by atoms with Gasteiger partial charge in [0.15, 0.2) is 5.16 Å². The lowest BCUT2D eigenvalue weighted by Gasteiger charge is -2.27. The molecule has 0 aliphatic heterocycles. The average molecular weight is 439 g/mol. The number of carboxylic acids is 1. The second-order valence-electron chi connectivity index (χ2n) is 6.67. The number of aromatic nitrogens is 2. The van der Waals surface area contributed by atoms with Crippen LogP contribution in [0.1, 0.15) is 25.1 Å². The zero-order valence-corrected chi connectivity index (χ0v) is 17.4. The van der Waals surface area contributed by atoms with Crippen molar-refractivity contribution in [3.05, 3.63) is 75.8 Å². The second-order valence-corrected chi connectivity index (χ2v) is 8.43. The number of thioether (sulfide) groups is 1. The van der Waals surface area contributed by atoms with Gasteiger partial charge < -0.3 is 5.11 Å². The van der Waals surface area contributed by atoms with Crippen molar-refractivity contribution in [2.45, 2.75) is 24.4 Å². The van der Waals surface area contributed by atoms with Gasteiger partial charge in [-0.3, -0.25) is 9.36 Å². The minimum atomic E-state index is -0.941. The van der Waals surface area contributed by atoms with Crippen LogP contribution < -0.4 is 0 Å². The maximum atomic E-state index is 13.4. The van der Waals surface area contributed by atoms with Crippen molar-refractivity contribution >= 4 is 40.9 Å². The summed E-state index contributed by atoms with van der Waals surface area (Å²) >= 11 is 13.4. The average Bonchev–Trinajstić information content (AvgIpc) is 3.07. The van der Waals surface area contributed by atoms with Crippen LogP contribution in [0.2, 0.25) is 10.0 Å². The normalized spacial score (nSPS) is 11.6. The summed E-state index contributed by atoms with van der Waals surface area (Å²) in [5.41, 5.74) is 1.89. The number of aliphatic carboxylic acids is 1. The Bertz CT molecular complexity index is 1020. The first-order valence-electron chi connectivity index (χ1n) is 8.34. The molecule has 2 aromatic carbocycles. The Balaban J connectivity index is 2.15. The highest BCUT2D eigenvalue weighted by molar-refractivity contribution is 7.99. The van der Waals surface area contributed by atoms with Gasteiger partial charge in [-0.2, -0.15) is 0 Å². The Labute approximate surface area is 176 Å². The van der Waals surface area contributed by atoms with E-state index in [9.17, 15) is 9.18 Å². The maximum absolute atomic E-state index is 13.4. The van der Waals surface area contributed by atoms with Crippen molar-refractivity contribution in [2.24, 2.45) is 0 Å². The third kappa shape index (κ3) is 4.19. The maximum Gasteiger partial charge on any atom is 0.313 e. The van der Waals surface area contributed by atoms with E-state index in [0.717, 1.165) is 23.0 Å². The Kier molecular flexibility index (Phi) is 6.03. The van der Waals surface area contributed by atoms with Crippen molar-refractivity contribution in [1.29, 1.82) is 0 Å². The van der Waals surface area contributed by atoms with E-state index in [1.54, 1.807) is 30.5 Å².